The van der Waals surface area contributed by atoms with Crippen LogP contribution in [0.15, 0.2) is 6.58 Å². The fraction of sp³-hybridized carbons (Fsp3) is 0.550. The molecular formula is C20H24O2. The second-order valence-corrected chi connectivity index (χ2v) is 8.13. The van der Waals surface area contributed by atoms with Crippen LogP contribution in [0.4, 0.5) is 0 Å². The maximum atomic E-state index is 12.7. The number of phenolic OH excluding ortho intramolecular Hbond substituents is 1. The Morgan fingerprint density at radius 3 is 2.64 bits per heavy atom. The second-order valence-electron chi connectivity index (χ2n) is 8.13. The lowest BCUT2D eigenvalue weighted by molar-refractivity contribution is 0.0946. The molecule has 2 heteroatoms. The van der Waals surface area contributed by atoms with Gasteiger partial charge in [-0.25, -0.2) is 0 Å². The summed E-state index contributed by atoms with van der Waals surface area (Å²) in [5, 5.41) is 10.7. The highest BCUT2D eigenvalue weighted by atomic mass is 16.3. The molecule has 1 N–H and O–H groups in total. The van der Waals surface area contributed by atoms with Crippen LogP contribution >= 0.6 is 0 Å². The number of rotatable bonds is 0. The zero-order valence-electron chi connectivity index (χ0n) is 13.9. The van der Waals surface area contributed by atoms with Gasteiger partial charge in [0.25, 0.3) is 0 Å². The highest BCUT2D eigenvalue weighted by molar-refractivity contribution is 6.07. The van der Waals surface area contributed by atoms with Gasteiger partial charge in [-0.2, -0.15) is 0 Å². The zero-order valence-corrected chi connectivity index (χ0v) is 13.9. The second kappa shape index (κ2) is 4.04. The van der Waals surface area contributed by atoms with Crippen molar-refractivity contribution in [2.45, 2.75) is 52.9 Å². The van der Waals surface area contributed by atoms with Crippen molar-refractivity contribution < 1.29 is 9.90 Å². The number of Topliss-reactive ketones (excluding diaryl/α,β-unsaturated/α-hetero) is 1. The van der Waals surface area contributed by atoms with E-state index in [1.54, 1.807) is 0 Å². The fourth-order valence-corrected chi connectivity index (χ4v) is 5.13. The quantitative estimate of drug-likeness (QED) is 0.758. The molecule has 0 heterocycles. The Bertz CT molecular complexity index is 739. The molecule has 0 radical (unpaired) electrons. The molecule has 1 aromatic rings. The van der Waals surface area contributed by atoms with Crippen molar-refractivity contribution in [2.24, 2.45) is 17.3 Å². The molecular weight excluding hydrogens is 272 g/mol. The predicted octanol–water partition coefficient (Wildman–Crippen LogP) is 4.62. The lowest BCUT2D eigenvalue weighted by Crippen LogP contribution is -2.09. The van der Waals surface area contributed by atoms with E-state index in [9.17, 15) is 9.90 Å². The third-order valence-electron chi connectivity index (χ3n) is 6.54. The summed E-state index contributed by atoms with van der Waals surface area (Å²) >= 11 is 0. The first-order valence-corrected chi connectivity index (χ1v) is 8.37. The third kappa shape index (κ3) is 1.48. The van der Waals surface area contributed by atoms with Gasteiger partial charge < -0.3 is 5.11 Å². The van der Waals surface area contributed by atoms with Gasteiger partial charge in [-0.15, -0.1) is 0 Å². The van der Waals surface area contributed by atoms with E-state index < -0.39 is 0 Å². The van der Waals surface area contributed by atoms with E-state index in [2.05, 4.69) is 20.4 Å². The monoisotopic (exact) mass is 296 g/mol. The number of benzene rings is 1. The standard InChI is InChI=1S/C20H24O2/c1-9-6-7-13-17(20(13,4)5)15-11(3)19(22)12-8-10(2)18(21)16(12)14(9)15/h10,13,17,22H,1,6-8H2,2-5H3/t10?,13-,17-/m0/s1. The number of hydrogen-bond donors (Lipinski definition) is 1. The summed E-state index contributed by atoms with van der Waals surface area (Å²) in [4.78, 5) is 12.7. The summed E-state index contributed by atoms with van der Waals surface area (Å²) in [6.07, 6.45) is 2.78. The molecule has 2 nitrogen and oxygen atoms in total. The van der Waals surface area contributed by atoms with Crippen LogP contribution in [-0.4, -0.2) is 10.9 Å². The molecule has 3 aliphatic rings. The highest BCUT2D eigenvalue weighted by Gasteiger charge is 2.60. The van der Waals surface area contributed by atoms with Crippen molar-refractivity contribution >= 4 is 11.4 Å². The topological polar surface area (TPSA) is 37.3 Å². The molecule has 0 amide bonds. The van der Waals surface area contributed by atoms with Gasteiger partial charge in [0.2, 0.25) is 0 Å². The molecule has 116 valence electrons. The first kappa shape index (κ1) is 14.0. The van der Waals surface area contributed by atoms with Crippen LogP contribution in [0.3, 0.4) is 0 Å². The molecule has 3 atom stereocenters. The number of ketones is 1. The van der Waals surface area contributed by atoms with Crippen molar-refractivity contribution in [3.63, 3.8) is 0 Å². The average Bonchev–Trinajstić information content (AvgIpc) is 2.93. The van der Waals surface area contributed by atoms with Crippen LogP contribution in [0.1, 0.15) is 72.1 Å². The molecule has 0 aliphatic heterocycles. The van der Waals surface area contributed by atoms with Crippen LogP contribution in [-0.2, 0) is 6.42 Å². The summed E-state index contributed by atoms with van der Waals surface area (Å²) in [6, 6.07) is 0. The lowest BCUT2D eigenvalue weighted by atomic mass is 9.84. The lowest BCUT2D eigenvalue weighted by Gasteiger charge is -2.21. The zero-order chi connectivity index (χ0) is 16.0. The Balaban J connectivity index is 2.07. The van der Waals surface area contributed by atoms with Crippen LogP contribution in [0, 0.1) is 24.2 Å². The van der Waals surface area contributed by atoms with Crippen molar-refractivity contribution in [1.29, 1.82) is 0 Å². The normalized spacial score (nSPS) is 31.4. The number of hydrogen-bond acceptors (Lipinski definition) is 2. The Kier molecular flexibility index (Phi) is 2.58. The molecule has 4 rings (SSSR count). The highest BCUT2D eigenvalue weighted by Crippen LogP contribution is 2.70. The van der Waals surface area contributed by atoms with E-state index in [0.29, 0.717) is 24.0 Å². The van der Waals surface area contributed by atoms with E-state index >= 15 is 0 Å². The van der Waals surface area contributed by atoms with Crippen LogP contribution in [0.25, 0.3) is 5.57 Å². The first-order chi connectivity index (χ1) is 10.3. The van der Waals surface area contributed by atoms with Crippen molar-refractivity contribution in [3.05, 3.63) is 34.4 Å². The molecule has 22 heavy (non-hydrogen) atoms. The SMILES string of the molecule is C=C1CC[C@H]2[C@@H](c3c(C)c(O)c4c(c31)C(=O)C(C)C4)C2(C)C. The predicted molar refractivity (Wildman–Crippen MR) is 88.3 cm³/mol. The molecule has 0 saturated heterocycles. The maximum Gasteiger partial charge on any atom is 0.167 e. The van der Waals surface area contributed by atoms with E-state index in [1.807, 2.05) is 13.8 Å². The summed E-state index contributed by atoms with van der Waals surface area (Å²) in [5.74, 6) is 1.64. The van der Waals surface area contributed by atoms with Crippen molar-refractivity contribution in [3.8, 4) is 5.75 Å². The van der Waals surface area contributed by atoms with E-state index in [-0.39, 0.29) is 17.1 Å². The van der Waals surface area contributed by atoms with Gasteiger partial charge in [-0.1, -0.05) is 27.4 Å². The fourth-order valence-electron chi connectivity index (χ4n) is 5.13. The molecule has 3 aliphatic carbocycles. The van der Waals surface area contributed by atoms with E-state index in [1.165, 1.54) is 5.56 Å². The van der Waals surface area contributed by atoms with Gasteiger partial charge >= 0.3 is 0 Å². The molecule has 1 saturated carbocycles. The Labute approximate surface area is 132 Å². The number of allylic oxidation sites excluding steroid dienone is 1. The average molecular weight is 296 g/mol. The summed E-state index contributed by atoms with van der Waals surface area (Å²) in [7, 11) is 0. The summed E-state index contributed by atoms with van der Waals surface area (Å²) in [5.41, 5.74) is 6.33. The van der Waals surface area contributed by atoms with Crippen molar-refractivity contribution in [1.82, 2.24) is 0 Å². The molecule has 1 fully saturated rings. The molecule has 0 bridgehead atoms. The van der Waals surface area contributed by atoms with Gasteiger partial charge in [-0.3, -0.25) is 4.79 Å². The molecule has 0 aromatic heterocycles. The minimum Gasteiger partial charge on any atom is -0.507 e. The van der Waals surface area contributed by atoms with Gasteiger partial charge in [0.15, 0.2) is 5.78 Å². The van der Waals surface area contributed by atoms with Gasteiger partial charge in [0.05, 0.1) is 0 Å². The van der Waals surface area contributed by atoms with Gasteiger partial charge in [-0.05, 0) is 65.7 Å². The smallest absolute Gasteiger partial charge is 0.167 e. The molecule has 1 unspecified atom stereocenters. The van der Waals surface area contributed by atoms with Gasteiger partial charge in [0.1, 0.15) is 5.75 Å². The van der Waals surface area contributed by atoms with Crippen LogP contribution in [0.2, 0.25) is 0 Å². The molecule has 1 aromatic carbocycles. The number of carbonyl (C=O) groups excluding carboxylic acids is 1. The van der Waals surface area contributed by atoms with E-state index in [0.717, 1.165) is 40.7 Å². The Hall–Kier alpha value is -1.57. The number of fused-ring (bicyclic) bond motifs is 5. The first-order valence-electron chi connectivity index (χ1n) is 8.37. The molecule has 0 spiro atoms. The van der Waals surface area contributed by atoms with Crippen LogP contribution in [0.5, 0.6) is 5.75 Å². The summed E-state index contributed by atoms with van der Waals surface area (Å²) < 4.78 is 0. The van der Waals surface area contributed by atoms with Gasteiger partial charge in [0, 0.05) is 17.0 Å². The Morgan fingerprint density at radius 2 is 1.95 bits per heavy atom. The third-order valence-corrected chi connectivity index (χ3v) is 6.54. The Morgan fingerprint density at radius 1 is 1.27 bits per heavy atom. The number of phenols is 1. The largest absolute Gasteiger partial charge is 0.507 e. The maximum absolute atomic E-state index is 12.7. The summed E-state index contributed by atoms with van der Waals surface area (Å²) in [6.45, 7) is 12.9. The number of aromatic hydroxyl groups is 1. The number of carbonyl (C=O) groups is 1. The minimum absolute atomic E-state index is 0.0223. The minimum atomic E-state index is -0.0223. The van der Waals surface area contributed by atoms with Crippen molar-refractivity contribution in [2.75, 3.05) is 0 Å². The van der Waals surface area contributed by atoms with E-state index in [4.69, 9.17) is 0 Å². The van der Waals surface area contributed by atoms with Crippen LogP contribution < -0.4 is 0 Å².